The Kier molecular flexibility index (Phi) is 3.40. The van der Waals surface area contributed by atoms with E-state index in [0.717, 1.165) is 24.4 Å². The maximum atomic E-state index is 13.4. The predicted molar refractivity (Wildman–Crippen MR) is 62.7 cm³/mol. The van der Waals surface area contributed by atoms with Crippen LogP contribution < -0.4 is 4.72 Å². The summed E-state index contributed by atoms with van der Waals surface area (Å²) in [7, 11) is -4.52. The fourth-order valence-corrected chi connectivity index (χ4v) is 2.58. The summed E-state index contributed by atoms with van der Waals surface area (Å²) in [4.78, 5) is 10.8. The van der Waals surface area contributed by atoms with Crippen molar-refractivity contribution >= 4 is 21.7 Å². The lowest BCUT2D eigenvalue weighted by Gasteiger charge is -2.08. The molecule has 10 heteroatoms. The Morgan fingerprint density at radius 2 is 1.90 bits per heavy atom. The Labute approximate surface area is 111 Å². The van der Waals surface area contributed by atoms with Crippen molar-refractivity contribution in [2.75, 3.05) is 4.72 Å². The first-order chi connectivity index (χ1) is 9.33. The van der Waals surface area contributed by atoms with E-state index in [1.165, 1.54) is 0 Å². The van der Waals surface area contributed by atoms with Crippen LogP contribution in [-0.2, 0) is 10.0 Å². The number of nitrogens with one attached hydrogen (secondary N) is 2. The average molecular weight is 303 g/mol. The van der Waals surface area contributed by atoms with Crippen LogP contribution in [0, 0.1) is 11.6 Å². The van der Waals surface area contributed by atoms with Gasteiger partial charge >= 0.3 is 5.97 Å². The molecule has 0 unspecified atom stereocenters. The highest BCUT2D eigenvalue weighted by molar-refractivity contribution is 7.92. The van der Waals surface area contributed by atoms with Crippen LogP contribution in [0.4, 0.5) is 14.5 Å². The highest BCUT2D eigenvalue weighted by Gasteiger charge is 2.26. The Hall–Kier alpha value is -2.49. The second kappa shape index (κ2) is 4.89. The third-order valence-electron chi connectivity index (χ3n) is 2.30. The minimum atomic E-state index is -4.52. The number of carboxylic acid groups (broad SMARTS) is 1. The number of benzene rings is 1. The van der Waals surface area contributed by atoms with Gasteiger partial charge in [0.2, 0.25) is 0 Å². The molecule has 0 fully saturated rings. The van der Waals surface area contributed by atoms with E-state index in [1.807, 2.05) is 5.10 Å². The number of aromatic nitrogens is 2. The molecule has 2 aromatic rings. The van der Waals surface area contributed by atoms with Crippen LogP contribution in [0.15, 0.2) is 29.4 Å². The van der Waals surface area contributed by atoms with Crippen molar-refractivity contribution < 1.29 is 27.1 Å². The van der Waals surface area contributed by atoms with Crippen LogP contribution in [0.5, 0.6) is 0 Å². The van der Waals surface area contributed by atoms with E-state index < -0.39 is 43.9 Å². The van der Waals surface area contributed by atoms with Gasteiger partial charge in [0.15, 0.2) is 5.03 Å². The van der Waals surface area contributed by atoms with E-state index in [2.05, 4.69) is 5.10 Å². The molecular weight excluding hydrogens is 296 g/mol. The molecule has 0 spiro atoms. The van der Waals surface area contributed by atoms with Crippen molar-refractivity contribution in [1.29, 1.82) is 0 Å². The molecule has 0 aliphatic rings. The maximum Gasteiger partial charge on any atom is 0.340 e. The molecule has 3 N–H and O–H groups in total. The number of para-hydroxylation sites is 1. The van der Waals surface area contributed by atoms with E-state index in [1.54, 1.807) is 4.72 Å². The maximum absolute atomic E-state index is 13.4. The number of anilines is 1. The van der Waals surface area contributed by atoms with Gasteiger partial charge in [0.25, 0.3) is 10.0 Å². The summed E-state index contributed by atoms with van der Waals surface area (Å²) in [5.41, 5.74) is -1.55. The number of aromatic amines is 1. The molecule has 1 aromatic heterocycles. The number of hydrogen-bond acceptors (Lipinski definition) is 4. The molecule has 0 saturated carbocycles. The van der Waals surface area contributed by atoms with Crippen LogP contribution in [-0.4, -0.2) is 29.7 Å². The standard InChI is InChI=1S/C10H7F2N3O4S/c11-6-2-1-3-7(12)8(6)15-20(18,19)9-5(10(16)17)4-13-14-9/h1-4,15H,(H,13,14)(H,16,17). The third-order valence-corrected chi connectivity index (χ3v) is 3.62. The number of sulfonamides is 1. The third kappa shape index (κ3) is 2.45. The van der Waals surface area contributed by atoms with Gasteiger partial charge in [-0.1, -0.05) is 6.07 Å². The lowest BCUT2D eigenvalue weighted by Crippen LogP contribution is -2.18. The topological polar surface area (TPSA) is 112 Å². The highest BCUT2D eigenvalue weighted by atomic mass is 32.2. The Morgan fingerprint density at radius 1 is 1.30 bits per heavy atom. The summed E-state index contributed by atoms with van der Waals surface area (Å²) in [6.45, 7) is 0. The molecule has 0 saturated heterocycles. The van der Waals surface area contributed by atoms with E-state index >= 15 is 0 Å². The second-order valence-electron chi connectivity index (χ2n) is 3.62. The number of nitrogens with zero attached hydrogens (tertiary/aromatic N) is 1. The van der Waals surface area contributed by atoms with Crippen molar-refractivity contribution in [3.63, 3.8) is 0 Å². The van der Waals surface area contributed by atoms with Crippen molar-refractivity contribution in [3.05, 3.63) is 41.6 Å². The van der Waals surface area contributed by atoms with Crippen LogP contribution in [0.3, 0.4) is 0 Å². The lowest BCUT2D eigenvalue weighted by molar-refractivity contribution is 0.0692. The SMILES string of the molecule is O=C(O)c1cn[nH]c1S(=O)(=O)Nc1c(F)cccc1F. The van der Waals surface area contributed by atoms with Gasteiger partial charge in [-0.25, -0.2) is 13.6 Å². The fourth-order valence-electron chi connectivity index (χ4n) is 1.41. The summed E-state index contributed by atoms with van der Waals surface area (Å²) in [5, 5.41) is 13.2. The number of halogens is 2. The number of carboxylic acids is 1. The summed E-state index contributed by atoms with van der Waals surface area (Å²) in [5.74, 6) is -3.82. The van der Waals surface area contributed by atoms with Gasteiger partial charge in [-0.15, -0.1) is 0 Å². The van der Waals surface area contributed by atoms with Crippen molar-refractivity contribution in [2.45, 2.75) is 5.03 Å². The number of H-pyrrole nitrogens is 1. The van der Waals surface area contributed by atoms with Gasteiger partial charge in [-0.2, -0.15) is 13.5 Å². The summed E-state index contributed by atoms with van der Waals surface area (Å²) < 4.78 is 52.2. The number of aromatic carboxylic acids is 1. The first-order valence-corrected chi connectivity index (χ1v) is 6.54. The smallest absolute Gasteiger partial charge is 0.340 e. The molecule has 0 radical (unpaired) electrons. The number of hydrogen-bond donors (Lipinski definition) is 3. The van der Waals surface area contributed by atoms with Gasteiger partial charge < -0.3 is 5.11 Å². The van der Waals surface area contributed by atoms with Gasteiger partial charge in [0.05, 0.1) is 6.20 Å². The number of rotatable bonds is 4. The first kappa shape index (κ1) is 13.9. The van der Waals surface area contributed by atoms with Crippen LogP contribution in [0.25, 0.3) is 0 Å². The van der Waals surface area contributed by atoms with Gasteiger partial charge in [-0.05, 0) is 12.1 Å². The lowest BCUT2D eigenvalue weighted by atomic mass is 10.3. The monoisotopic (exact) mass is 303 g/mol. The summed E-state index contributed by atoms with van der Waals surface area (Å²) in [6.07, 6.45) is 0.772. The van der Waals surface area contributed by atoms with E-state index in [0.29, 0.717) is 0 Å². The minimum absolute atomic E-state index is 0.644. The fraction of sp³-hybridized carbons (Fsp3) is 0. The second-order valence-corrected chi connectivity index (χ2v) is 5.24. The zero-order chi connectivity index (χ0) is 14.9. The largest absolute Gasteiger partial charge is 0.478 e. The van der Waals surface area contributed by atoms with Gasteiger partial charge in [0, 0.05) is 0 Å². The molecule has 1 aromatic carbocycles. The molecule has 0 amide bonds. The van der Waals surface area contributed by atoms with Gasteiger partial charge in [-0.3, -0.25) is 9.82 Å². The zero-order valence-corrected chi connectivity index (χ0v) is 10.4. The Bertz CT molecular complexity index is 752. The molecule has 7 nitrogen and oxygen atoms in total. The van der Waals surface area contributed by atoms with Crippen molar-refractivity contribution in [2.24, 2.45) is 0 Å². The molecule has 0 aliphatic carbocycles. The first-order valence-electron chi connectivity index (χ1n) is 5.06. The Morgan fingerprint density at radius 3 is 2.45 bits per heavy atom. The zero-order valence-electron chi connectivity index (χ0n) is 9.59. The van der Waals surface area contributed by atoms with E-state index in [-0.39, 0.29) is 0 Å². The van der Waals surface area contributed by atoms with E-state index in [9.17, 15) is 22.0 Å². The molecule has 0 atom stereocenters. The summed E-state index contributed by atoms with van der Waals surface area (Å²) in [6, 6.07) is 2.76. The Balaban J connectivity index is 2.47. The number of carbonyl (C=O) groups is 1. The summed E-state index contributed by atoms with van der Waals surface area (Å²) >= 11 is 0. The molecular formula is C10H7F2N3O4S. The van der Waals surface area contributed by atoms with Gasteiger partial charge in [0.1, 0.15) is 22.9 Å². The van der Waals surface area contributed by atoms with Crippen LogP contribution in [0.1, 0.15) is 10.4 Å². The minimum Gasteiger partial charge on any atom is -0.478 e. The van der Waals surface area contributed by atoms with Crippen LogP contribution >= 0.6 is 0 Å². The quantitative estimate of drug-likeness (QED) is 0.785. The molecule has 1 heterocycles. The van der Waals surface area contributed by atoms with Crippen molar-refractivity contribution in [1.82, 2.24) is 10.2 Å². The van der Waals surface area contributed by atoms with E-state index in [4.69, 9.17) is 5.11 Å². The molecule has 20 heavy (non-hydrogen) atoms. The average Bonchev–Trinajstić information content (AvgIpc) is 2.84. The normalized spacial score (nSPS) is 11.3. The van der Waals surface area contributed by atoms with Crippen molar-refractivity contribution in [3.8, 4) is 0 Å². The predicted octanol–water partition coefficient (Wildman–Crippen LogP) is 1.19. The molecule has 2 rings (SSSR count). The highest BCUT2D eigenvalue weighted by Crippen LogP contribution is 2.22. The molecule has 0 bridgehead atoms. The molecule has 106 valence electrons. The van der Waals surface area contributed by atoms with Crippen LogP contribution in [0.2, 0.25) is 0 Å². The molecule has 0 aliphatic heterocycles.